The van der Waals surface area contributed by atoms with Crippen LogP contribution in [0, 0.1) is 6.92 Å². The van der Waals surface area contributed by atoms with E-state index in [1.54, 1.807) is 6.92 Å². The first-order valence-corrected chi connectivity index (χ1v) is 6.98. The van der Waals surface area contributed by atoms with Crippen LogP contribution in [0.15, 0.2) is 47.7 Å². The fourth-order valence-electron chi connectivity index (χ4n) is 2.03. The Labute approximate surface area is 123 Å². The Hall–Kier alpha value is -2.43. The maximum Gasteiger partial charge on any atom is 0.256 e. The lowest BCUT2D eigenvalue weighted by atomic mass is 10.1. The summed E-state index contributed by atoms with van der Waals surface area (Å²) >= 11 is 0. The molecule has 2 aromatic rings. The number of amides is 1. The van der Waals surface area contributed by atoms with Gasteiger partial charge in [0.15, 0.2) is 0 Å². The van der Waals surface area contributed by atoms with Crippen LogP contribution in [0.5, 0.6) is 0 Å². The van der Waals surface area contributed by atoms with Gasteiger partial charge in [0.25, 0.3) is 5.56 Å². The van der Waals surface area contributed by atoms with Crippen LogP contribution in [0.2, 0.25) is 0 Å². The predicted molar refractivity (Wildman–Crippen MR) is 81.0 cm³/mol. The molecule has 1 aromatic heterocycles. The minimum absolute atomic E-state index is 0.00693. The highest BCUT2D eigenvalue weighted by atomic mass is 16.1. The molecule has 1 aromatic carbocycles. The maximum atomic E-state index is 11.8. The van der Waals surface area contributed by atoms with Gasteiger partial charge in [-0.15, -0.1) is 0 Å². The van der Waals surface area contributed by atoms with E-state index in [1.165, 1.54) is 17.1 Å². The monoisotopic (exact) mass is 285 g/mol. The molecule has 110 valence electrons. The first kappa shape index (κ1) is 15.0. The molecule has 1 heterocycles. The van der Waals surface area contributed by atoms with E-state index in [9.17, 15) is 9.59 Å². The molecule has 0 saturated carbocycles. The number of hydrogen-bond acceptors (Lipinski definition) is 3. The van der Waals surface area contributed by atoms with Crippen LogP contribution >= 0.6 is 0 Å². The van der Waals surface area contributed by atoms with Crippen molar-refractivity contribution in [2.75, 3.05) is 6.54 Å². The quantitative estimate of drug-likeness (QED) is 0.870. The molecular formula is C16H19N3O2. The van der Waals surface area contributed by atoms with Crippen LogP contribution in [0.3, 0.4) is 0 Å². The zero-order valence-electron chi connectivity index (χ0n) is 12.1. The molecule has 0 unspecified atom stereocenters. The number of nitrogens with one attached hydrogen (secondary N) is 1. The highest BCUT2D eigenvalue weighted by molar-refractivity contribution is 5.76. The van der Waals surface area contributed by atoms with Gasteiger partial charge in [0.05, 0.1) is 6.33 Å². The highest BCUT2D eigenvalue weighted by Gasteiger charge is 2.03. The van der Waals surface area contributed by atoms with E-state index in [2.05, 4.69) is 10.3 Å². The third-order valence-corrected chi connectivity index (χ3v) is 3.23. The summed E-state index contributed by atoms with van der Waals surface area (Å²) in [5.74, 6) is -0.00693. The van der Waals surface area contributed by atoms with E-state index in [0.29, 0.717) is 25.1 Å². The summed E-state index contributed by atoms with van der Waals surface area (Å²) in [5, 5.41) is 2.82. The molecule has 0 aliphatic heterocycles. The van der Waals surface area contributed by atoms with Crippen molar-refractivity contribution >= 4 is 5.91 Å². The molecule has 0 aliphatic rings. The Bertz CT molecular complexity index is 650. The average molecular weight is 285 g/mol. The molecule has 1 amide bonds. The number of carbonyl (C=O) groups excluding carboxylic acids is 1. The Kier molecular flexibility index (Phi) is 5.26. The molecule has 0 spiro atoms. The normalized spacial score (nSPS) is 10.3. The lowest BCUT2D eigenvalue weighted by Gasteiger charge is -2.07. The van der Waals surface area contributed by atoms with Gasteiger partial charge in [0.2, 0.25) is 5.91 Å². The van der Waals surface area contributed by atoms with Gasteiger partial charge in [0, 0.05) is 31.3 Å². The van der Waals surface area contributed by atoms with Crippen molar-refractivity contribution in [1.29, 1.82) is 0 Å². The van der Waals surface area contributed by atoms with Crippen LogP contribution in [0.25, 0.3) is 0 Å². The topological polar surface area (TPSA) is 64.0 Å². The second-order valence-corrected chi connectivity index (χ2v) is 4.91. The van der Waals surface area contributed by atoms with Crippen molar-refractivity contribution in [3.05, 3.63) is 64.3 Å². The molecule has 5 nitrogen and oxygen atoms in total. The Morgan fingerprint density at radius 3 is 2.81 bits per heavy atom. The highest BCUT2D eigenvalue weighted by Crippen LogP contribution is 2.01. The van der Waals surface area contributed by atoms with Crippen molar-refractivity contribution in [3.63, 3.8) is 0 Å². The Balaban J connectivity index is 1.74. The molecule has 0 radical (unpaired) electrons. The third kappa shape index (κ3) is 4.56. The lowest BCUT2D eigenvalue weighted by molar-refractivity contribution is -0.121. The molecule has 1 N–H and O–H groups in total. The van der Waals surface area contributed by atoms with Gasteiger partial charge in [-0.2, -0.15) is 0 Å². The summed E-state index contributed by atoms with van der Waals surface area (Å²) in [7, 11) is 0. The Morgan fingerprint density at radius 2 is 2.05 bits per heavy atom. The zero-order chi connectivity index (χ0) is 15.1. The van der Waals surface area contributed by atoms with E-state index >= 15 is 0 Å². The number of aromatic nitrogens is 2. The van der Waals surface area contributed by atoms with E-state index < -0.39 is 0 Å². The van der Waals surface area contributed by atoms with E-state index in [1.807, 2.05) is 30.3 Å². The van der Waals surface area contributed by atoms with Crippen molar-refractivity contribution in [2.45, 2.75) is 26.3 Å². The Morgan fingerprint density at radius 1 is 1.29 bits per heavy atom. The molecular weight excluding hydrogens is 266 g/mol. The van der Waals surface area contributed by atoms with Crippen molar-refractivity contribution in [3.8, 4) is 0 Å². The summed E-state index contributed by atoms with van der Waals surface area (Å²) in [4.78, 5) is 27.5. The fraction of sp³-hybridized carbons (Fsp3) is 0.312. The van der Waals surface area contributed by atoms with E-state index in [4.69, 9.17) is 0 Å². The van der Waals surface area contributed by atoms with Gasteiger partial charge >= 0.3 is 0 Å². The summed E-state index contributed by atoms with van der Waals surface area (Å²) in [6, 6.07) is 9.89. The van der Waals surface area contributed by atoms with Crippen LogP contribution in [-0.2, 0) is 17.8 Å². The summed E-state index contributed by atoms with van der Waals surface area (Å²) in [6.45, 7) is 2.59. The smallest absolute Gasteiger partial charge is 0.256 e. The van der Waals surface area contributed by atoms with Gasteiger partial charge in [0.1, 0.15) is 0 Å². The van der Waals surface area contributed by atoms with Crippen LogP contribution in [0.1, 0.15) is 17.5 Å². The average Bonchev–Trinajstić information content (AvgIpc) is 2.50. The molecule has 0 atom stereocenters. The molecule has 0 aliphatic carbocycles. The molecule has 0 saturated heterocycles. The van der Waals surface area contributed by atoms with Gasteiger partial charge < -0.3 is 5.32 Å². The van der Waals surface area contributed by atoms with E-state index in [0.717, 1.165) is 12.0 Å². The van der Waals surface area contributed by atoms with Crippen molar-refractivity contribution in [1.82, 2.24) is 14.9 Å². The number of aryl methyl sites for hydroxylation is 2. The minimum Gasteiger partial charge on any atom is -0.354 e. The third-order valence-electron chi connectivity index (χ3n) is 3.23. The summed E-state index contributed by atoms with van der Waals surface area (Å²) in [6.07, 6.45) is 4.20. The van der Waals surface area contributed by atoms with Crippen LogP contribution in [-0.4, -0.2) is 22.0 Å². The maximum absolute atomic E-state index is 11.8. The van der Waals surface area contributed by atoms with Gasteiger partial charge in [-0.1, -0.05) is 30.3 Å². The SMILES string of the molecule is Cc1cncn(CCNC(=O)CCc2ccccc2)c1=O. The number of benzene rings is 1. The number of rotatable bonds is 6. The second-order valence-electron chi connectivity index (χ2n) is 4.91. The molecule has 2 rings (SSSR count). The van der Waals surface area contributed by atoms with Crippen LogP contribution in [0.4, 0.5) is 0 Å². The predicted octanol–water partition coefficient (Wildman–Crippen LogP) is 1.30. The first-order chi connectivity index (χ1) is 10.2. The summed E-state index contributed by atoms with van der Waals surface area (Å²) < 4.78 is 1.51. The van der Waals surface area contributed by atoms with E-state index in [-0.39, 0.29) is 11.5 Å². The number of hydrogen-bond donors (Lipinski definition) is 1. The van der Waals surface area contributed by atoms with Crippen molar-refractivity contribution in [2.24, 2.45) is 0 Å². The standard InChI is InChI=1S/C16H19N3O2/c1-13-11-17-12-19(16(13)21)10-9-18-15(20)8-7-14-5-3-2-4-6-14/h2-6,11-12H,7-10H2,1H3,(H,18,20). The molecule has 0 bridgehead atoms. The van der Waals surface area contributed by atoms with Gasteiger partial charge in [-0.25, -0.2) is 4.98 Å². The van der Waals surface area contributed by atoms with Gasteiger partial charge in [-0.3, -0.25) is 14.2 Å². The largest absolute Gasteiger partial charge is 0.354 e. The van der Waals surface area contributed by atoms with Crippen molar-refractivity contribution < 1.29 is 4.79 Å². The number of nitrogens with zero attached hydrogens (tertiary/aromatic N) is 2. The second kappa shape index (κ2) is 7.38. The molecule has 5 heteroatoms. The molecule has 21 heavy (non-hydrogen) atoms. The van der Waals surface area contributed by atoms with Crippen LogP contribution < -0.4 is 10.9 Å². The van der Waals surface area contributed by atoms with Gasteiger partial charge in [-0.05, 0) is 18.9 Å². The fourth-order valence-corrected chi connectivity index (χ4v) is 2.03. The minimum atomic E-state index is -0.0662. The molecule has 0 fully saturated rings. The first-order valence-electron chi connectivity index (χ1n) is 6.98. The number of carbonyl (C=O) groups is 1. The lowest BCUT2D eigenvalue weighted by Crippen LogP contribution is -2.31. The summed E-state index contributed by atoms with van der Waals surface area (Å²) in [5.41, 5.74) is 1.68. The zero-order valence-corrected chi connectivity index (χ0v) is 12.1.